The number of aromatic nitrogens is 1. The Hall–Kier alpha value is -2.57. The summed E-state index contributed by atoms with van der Waals surface area (Å²) in [6.45, 7) is 0. The predicted octanol–water partition coefficient (Wildman–Crippen LogP) is 4.72. The van der Waals surface area contributed by atoms with E-state index in [2.05, 4.69) is 9.72 Å². The van der Waals surface area contributed by atoms with Crippen molar-refractivity contribution in [1.82, 2.24) is 4.98 Å². The van der Waals surface area contributed by atoms with Gasteiger partial charge in [-0.05, 0) is 49.4 Å². The van der Waals surface area contributed by atoms with Crippen LogP contribution >= 0.6 is 0 Å². The summed E-state index contributed by atoms with van der Waals surface area (Å²) < 4.78 is 42.1. The van der Waals surface area contributed by atoms with E-state index in [1.807, 2.05) is 0 Å². The van der Waals surface area contributed by atoms with Crippen molar-refractivity contribution in [3.05, 3.63) is 59.3 Å². The second-order valence-corrected chi connectivity index (χ2v) is 5.24. The Morgan fingerprint density at radius 2 is 1.75 bits per heavy atom. The number of benzene rings is 1. The first-order chi connectivity index (χ1) is 11.4. The van der Waals surface area contributed by atoms with E-state index < -0.39 is 17.9 Å². The highest BCUT2D eigenvalue weighted by Crippen LogP contribution is 2.29. The molecule has 0 atom stereocenters. The molecule has 0 saturated heterocycles. The average Bonchev–Trinajstić information content (AvgIpc) is 2.52. The summed E-state index contributed by atoms with van der Waals surface area (Å²) in [6, 6.07) is 8.55. The number of hydrogen-bond donors (Lipinski definition) is 1. The van der Waals surface area contributed by atoms with E-state index in [0.29, 0.717) is 18.4 Å². The van der Waals surface area contributed by atoms with E-state index in [1.54, 1.807) is 12.1 Å². The maximum absolute atomic E-state index is 12.5. The smallest absolute Gasteiger partial charge is 0.449 e. The van der Waals surface area contributed by atoms with Gasteiger partial charge < -0.3 is 9.84 Å². The number of nitrogens with zero attached hydrogens (tertiary/aromatic N) is 1. The predicted molar refractivity (Wildman–Crippen MR) is 81.0 cm³/mol. The zero-order valence-corrected chi connectivity index (χ0v) is 12.7. The van der Waals surface area contributed by atoms with Gasteiger partial charge in [0.2, 0.25) is 5.88 Å². The van der Waals surface area contributed by atoms with Gasteiger partial charge in [-0.25, -0.2) is 9.78 Å². The Morgan fingerprint density at radius 1 is 1.08 bits per heavy atom. The summed E-state index contributed by atoms with van der Waals surface area (Å²) >= 11 is 0. The van der Waals surface area contributed by atoms with E-state index in [9.17, 15) is 18.0 Å². The van der Waals surface area contributed by atoms with Crippen molar-refractivity contribution in [3.63, 3.8) is 0 Å². The molecule has 2 aromatic rings. The van der Waals surface area contributed by atoms with Gasteiger partial charge in [-0.2, -0.15) is 13.2 Å². The van der Waals surface area contributed by atoms with Crippen molar-refractivity contribution in [2.75, 3.05) is 0 Å². The summed E-state index contributed by atoms with van der Waals surface area (Å²) in [4.78, 5) is 14.5. The Morgan fingerprint density at radius 3 is 2.38 bits per heavy atom. The van der Waals surface area contributed by atoms with E-state index >= 15 is 0 Å². The summed E-state index contributed by atoms with van der Waals surface area (Å²) in [7, 11) is 0. The van der Waals surface area contributed by atoms with Crippen LogP contribution in [0.3, 0.4) is 0 Å². The molecule has 1 N–H and O–H groups in total. The third-order valence-corrected chi connectivity index (χ3v) is 3.48. The van der Waals surface area contributed by atoms with Gasteiger partial charge in [0.25, 0.3) is 0 Å². The van der Waals surface area contributed by atoms with Crippen molar-refractivity contribution in [2.45, 2.75) is 31.9 Å². The van der Waals surface area contributed by atoms with Gasteiger partial charge >= 0.3 is 12.3 Å². The van der Waals surface area contributed by atoms with Crippen molar-refractivity contribution in [2.24, 2.45) is 0 Å². The molecule has 0 unspecified atom stereocenters. The zero-order chi connectivity index (χ0) is 17.6. The highest BCUT2D eigenvalue weighted by atomic mass is 19.4. The summed E-state index contributed by atoms with van der Waals surface area (Å²) in [5, 5.41) is 8.65. The van der Waals surface area contributed by atoms with E-state index in [1.165, 1.54) is 18.3 Å². The molecule has 4 nitrogen and oxygen atoms in total. The van der Waals surface area contributed by atoms with Gasteiger partial charge in [0, 0.05) is 11.8 Å². The van der Waals surface area contributed by atoms with Crippen molar-refractivity contribution >= 4 is 6.16 Å². The molecule has 1 aromatic heterocycles. The fourth-order valence-electron chi connectivity index (χ4n) is 2.29. The molecule has 24 heavy (non-hydrogen) atoms. The number of aryl methyl sites for hydroxylation is 2. The molecule has 0 saturated carbocycles. The van der Waals surface area contributed by atoms with Gasteiger partial charge in [0.15, 0.2) is 0 Å². The number of carboxylic acid groups (broad SMARTS) is 1. The Labute approximate surface area is 136 Å². The quantitative estimate of drug-likeness (QED) is 0.611. The van der Waals surface area contributed by atoms with Crippen LogP contribution < -0.4 is 4.74 Å². The maximum Gasteiger partial charge on any atom is 0.512 e. The fraction of sp³-hybridized carbons (Fsp3) is 0.294. The largest absolute Gasteiger partial charge is 0.512 e. The van der Waals surface area contributed by atoms with Crippen molar-refractivity contribution < 1.29 is 27.8 Å². The Balaban J connectivity index is 1.84. The van der Waals surface area contributed by atoms with E-state index in [4.69, 9.17) is 5.11 Å². The molecule has 0 spiro atoms. The zero-order valence-electron chi connectivity index (χ0n) is 12.7. The molecule has 1 heterocycles. The second kappa shape index (κ2) is 7.81. The third-order valence-electron chi connectivity index (χ3n) is 3.48. The standard InChI is InChI=1S/C17H16F3NO3/c18-17(19,20)14-9-7-12(8-10-14)4-1-2-5-13-6-3-11-21-15(13)24-16(22)23/h3,6-11H,1-2,4-5H2,(H,22,23). The van der Waals surface area contributed by atoms with Crippen LogP contribution in [0.15, 0.2) is 42.6 Å². The molecule has 128 valence electrons. The minimum absolute atomic E-state index is 0.0690. The van der Waals surface area contributed by atoms with Crippen LogP contribution in [0.25, 0.3) is 0 Å². The number of rotatable bonds is 6. The number of ether oxygens (including phenoxy) is 1. The minimum atomic E-state index is -4.32. The molecular weight excluding hydrogens is 323 g/mol. The van der Waals surface area contributed by atoms with Crippen LogP contribution in [0.1, 0.15) is 29.5 Å². The summed E-state index contributed by atoms with van der Waals surface area (Å²) in [6.07, 6.45) is -1.57. The number of unbranched alkanes of at least 4 members (excludes halogenated alkanes) is 1. The lowest BCUT2D eigenvalue weighted by molar-refractivity contribution is -0.137. The molecule has 2 rings (SSSR count). The highest BCUT2D eigenvalue weighted by molar-refractivity contribution is 5.60. The lowest BCUT2D eigenvalue weighted by Gasteiger charge is -2.08. The number of carbonyl (C=O) groups is 1. The molecule has 1 aromatic carbocycles. The molecule has 0 amide bonds. The Bertz CT molecular complexity index is 684. The molecule has 0 aliphatic carbocycles. The lowest BCUT2D eigenvalue weighted by Crippen LogP contribution is -2.07. The molecule has 0 bridgehead atoms. The summed E-state index contributed by atoms with van der Waals surface area (Å²) in [5.74, 6) is 0.0690. The van der Waals surface area contributed by atoms with Gasteiger partial charge in [-0.15, -0.1) is 0 Å². The monoisotopic (exact) mass is 339 g/mol. The van der Waals surface area contributed by atoms with Crippen molar-refractivity contribution in [1.29, 1.82) is 0 Å². The lowest BCUT2D eigenvalue weighted by atomic mass is 10.0. The van der Waals surface area contributed by atoms with Gasteiger partial charge in [0.05, 0.1) is 5.56 Å². The Kier molecular flexibility index (Phi) is 5.78. The number of halogens is 3. The van der Waals surface area contributed by atoms with E-state index in [-0.39, 0.29) is 5.88 Å². The van der Waals surface area contributed by atoms with Crippen LogP contribution in [0.4, 0.5) is 18.0 Å². The molecular formula is C17H16F3NO3. The number of pyridine rings is 1. The number of alkyl halides is 3. The highest BCUT2D eigenvalue weighted by Gasteiger charge is 2.29. The van der Waals surface area contributed by atoms with Crippen LogP contribution in [0, 0.1) is 0 Å². The molecule has 7 heteroatoms. The van der Waals surface area contributed by atoms with Crippen molar-refractivity contribution in [3.8, 4) is 5.88 Å². The van der Waals surface area contributed by atoms with Gasteiger partial charge in [0.1, 0.15) is 0 Å². The third kappa shape index (κ3) is 5.26. The van der Waals surface area contributed by atoms with Crippen LogP contribution in [0.2, 0.25) is 0 Å². The second-order valence-electron chi connectivity index (χ2n) is 5.24. The molecule has 0 fully saturated rings. The maximum atomic E-state index is 12.5. The molecule has 0 aliphatic rings. The minimum Gasteiger partial charge on any atom is -0.449 e. The van der Waals surface area contributed by atoms with E-state index in [0.717, 1.165) is 30.5 Å². The topological polar surface area (TPSA) is 59.4 Å². The first-order valence-electron chi connectivity index (χ1n) is 7.37. The van der Waals surface area contributed by atoms with Gasteiger partial charge in [-0.1, -0.05) is 18.2 Å². The fourth-order valence-corrected chi connectivity index (χ4v) is 2.29. The first-order valence-corrected chi connectivity index (χ1v) is 7.37. The van der Waals surface area contributed by atoms with Crippen LogP contribution in [0.5, 0.6) is 5.88 Å². The normalized spacial score (nSPS) is 11.3. The first kappa shape index (κ1) is 17.8. The van der Waals surface area contributed by atoms with Gasteiger partial charge in [-0.3, -0.25) is 0 Å². The number of hydrogen-bond acceptors (Lipinski definition) is 3. The average molecular weight is 339 g/mol. The molecule has 0 aliphatic heterocycles. The van der Waals surface area contributed by atoms with Crippen LogP contribution in [-0.4, -0.2) is 16.2 Å². The summed E-state index contributed by atoms with van der Waals surface area (Å²) in [5.41, 5.74) is 0.862. The SMILES string of the molecule is O=C(O)Oc1ncccc1CCCCc1ccc(C(F)(F)F)cc1. The molecule has 0 radical (unpaired) electrons. The van der Waals surface area contributed by atoms with Crippen LogP contribution in [-0.2, 0) is 19.0 Å².